The highest BCUT2D eigenvalue weighted by Gasteiger charge is 2.14. The number of aryl methyl sites for hydroxylation is 1. The molecule has 0 unspecified atom stereocenters. The Morgan fingerprint density at radius 3 is 2.48 bits per heavy atom. The molecule has 0 aliphatic heterocycles. The first-order chi connectivity index (χ1) is 12.1. The van der Waals surface area contributed by atoms with Crippen molar-refractivity contribution >= 4 is 34.0 Å². The molecule has 2 aromatic heterocycles. The van der Waals surface area contributed by atoms with E-state index >= 15 is 0 Å². The molecule has 0 bridgehead atoms. The summed E-state index contributed by atoms with van der Waals surface area (Å²) in [4.78, 5) is 0. The van der Waals surface area contributed by atoms with E-state index < -0.39 is 0 Å². The van der Waals surface area contributed by atoms with Gasteiger partial charge in [0.05, 0.1) is 22.4 Å². The number of benzene rings is 2. The lowest BCUT2D eigenvalue weighted by Crippen LogP contribution is -1.95. The predicted octanol–water partition coefficient (Wildman–Crippen LogP) is 5.13. The second kappa shape index (κ2) is 6.35. The fourth-order valence-corrected chi connectivity index (χ4v) is 2.87. The molecular weight excluding hydrogens is 359 g/mol. The SMILES string of the molecule is Cn1cc(Oc2nnc(-c3ccc(Cl)c(Cl)c3)c3ccccc23)cn1. The number of nitrogens with zero attached hydrogens (tertiary/aromatic N) is 4. The van der Waals surface area contributed by atoms with Crippen molar-refractivity contribution in [3.8, 4) is 22.9 Å². The number of hydrogen-bond acceptors (Lipinski definition) is 4. The monoisotopic (exact) mass is 370 g/mol. The molecule has 2 aromatic carbocycles. The number of fused-ring (bicyclic) bond motifs is 1. The van der Waals surface area contributed by atoms with Crippen molar-refractivity contribution in [3.05, 3.63) is 64.9 Å². The zero-order chi connectivity index (χ0) is 17.4. The van der Waals surface area contributed by atoms with Crippen LogP contribution >= 0.6 is 23.2 Å². The lowest BCUT2D eigenvalue weighted by atomic mass is 10.1. The van der Waals surface area contributed by atoms with Gasteiger partial charge >= 0.3 is 0 Å². The molecule has 2 heterocycles. The predicted molar refractivity (Wildman–Crippen MR) is 98.3 cm³/mol. The van der Waals surface area contributed by atoms with Crippen LogP contribution in [0.15, 0.2) is 54.9 Å². The summed E-state index contributed by atoms with van der Waals surface area (Å²) in [6.45, 7) is 0. The molecule has 124 valence electrons. The summed E-state index contributed by atoms with van der Waals surface area (Å²) in [6, 6.07) is 13.2. The Labute approximate surface area is 153 Å². The van der Waals surface area contributed by atoms with Gasteiger partial charge < -0.3 is 4.74 Å². The Morgan fingerprint density at radius 1 is 0.960 bits per heavy atom. The Morgan fingerprint density at radius 2 is 1.76 bits per heavy atom. The van der Waals surface area contributed by atoms with Crippen LogP contribution in [0.4, 0.5) is 0 Å². The molecule has 0 spiro atoms. The van der Waals surface area contributed by atoms with Crippen LogP contribution in [0.1, 0.15) is 0 Å². The molecule has 0 N–H and O–H groups in total. The topological polar surface area (TPSA) is 52.8 Å². The smallest absolute Gasteiger partial charge is 0.246 e. The Bertz CT molecular complexity index is 1080. The maximum atomic E-state index is 6.14. The highest BCUT2D eigenvalue weighted by molar-refractivity contribution is 6.42. The number of hydrogen-bond donors (Lipinski definition) is 0. The molecule has 25 heavy (non-hydrogen) atoms. The second-order valence-electron chi connectivity index (χ2n) is 5.48. The highest BCUT2D eigenvalue weighted by Crippen LogP contribution is 2.34. The van der Waals surface area contributed by atoms with E-state index in [1.54, 1.807) is 29.2 Å². The van der Waals surface area contributed by atoms with E-state index in [1.807, 2.05) is 37.4 Å². The minimum absolute atomic E-state index is 0.424. The number of aromatic nitrogens is 4. The van der Waals surface area contributed by atoms with Crippen molar-refractivity contribution in [2.24, 2.45) is 7.05 Å². The minimum atomic E-state index is 0.424. The van der Waals surface area contributed by atoms with E-state index in [-0.39, 0.29) is 0 Å². The molecule has 7 heteroatoms. The Balaban J connectivity index is 1.85. The van der Waals surface area contributed by atoms with Crippen molar-refractivity contribution in [3.63, 3.8) is 0 Å². The van der Waals surface area contributed by atoms with Crippen LogP contribution in [0, 0.1) is 0 Å². The number of rotatable bonds is 3. The van der Waals surface area contributed by atoms with Gasteiger partial charge in [0.1, 0.15) is 5.69 Å². The zero-order valence-corrected chi connectivity index (χ0v) is 14.7. The fourth-order valence-electron chi connectivity index (χ4n) is 2.57. The first-order valence-corrected chi connectivity index (χ1v) is 8.25. The molecule has 0 saturated carbocycles. The average Bonchev–Trinajstić information content (AvgIpc) is 3.03. The van der Waals surface area contributed by atoms with Gasteiger partial charge in [-0.15, -0.1) is 10.2 Å². The van der Waals surface area contributed by atoms with E-state index in [9.17, 15) is 0 Å². The molecular formula is C18H12Cl2N4O. The molecule has 0 atom stereocenters. The summed E-state index contributed by atoms with van der Waals surface area (Å²) in [6.07, 6.45) is 3.40. The zero-order valence-electron chi connectivity index (χ0n) is 13.1. The molecule has 5 nitrogen and oxygen atoms in total. The van der Waals surface area contributed by atoms with Gasteiger partial charge in [-0.25, -0.2) is 0 Å². The molecule has 0 aliphatic rings. The van der Waals surface area contributed by atoms with Gasteiger partial charge in [0, 0.05) is 23.4 Å². The van der Waals surface area contributed by atoms with E-state index in [0.717, 1.165) is 16.3 Å². The summed E-state index contributed by atoms with van der Waals surface area (Å²) >= 11 is 12.1. The quantitative estimate of drug-likeness (QED) is 0.501. The number of halogens is 2. The fraction of sp³-hybridized carbons (Fsp3) is 0.0556. The van der Waals surface area contributed by atoms with Crippen molar-refractivity contribution in [2.45, 2.75) is 0 Å². The van der Waals surface area contributed by atoms with Crippen LogP contribution in [0.5, 0.6) is 11.6 Å². The van der Waals surface area contributed by atoms with Crippen LogP contribution in [-0.2, 0) is 7.05 Å². The van der Waals surface area contributed by atoms with Crippen LogP contribution in [0.3, 0.4) is 0 Å². The van der Waals surface area contributed by atoms with Gasteiger partial charge in [0.25, 0.3) is 0 Å². The molecule has 0 radical (unpaired) electrons. The first kappa shape index (κ1) is 15.9. The van der Waals surface area contributed by atoms with Gasteiger partial charge in [-0.2, -0.15) is 5.10 Å². The van der Waals surface area contributed by atoms with Gasteiger partial charge in [-0.1, -0.05) is 47.5 Å². The van der Waals surface area contributed by atoms with Crippen molar-refractivity contribution < 1.29 is 4.74 Å². The van der Waals surface area contributed by atoms with Crippen molar-refractivity contribution in [1.82, 2.24) is 20.0 Å². The minimum Gasteiger partial charge on any atom is -0.434 e. The third kappa shape index (κ3) is 3.04. The van der Waals surface area contributed by atoms with E-state index in [4.69, 9.17) is 27.9 Å². The third-order valence-electron chi connectivity index (χ3n) is 3.74. The molecule has 4 aromatic rings. The lowest BCUT2D eigenvalue weighted by molar-refractivity contribution is 0.461. The van der Waals surface area contributed by atoms with Crippen LogP contribution < -0.4 is 4.74 Å². The standard InChI is InChI=1S/C18H12Cl2N4O/c1-24-10-12(9-21-24)25-18-14-5-3-2-4-13(14)17(22-23-18)11-6-7-15(19)16(20)8-11/h2-10H,1H3. The maximum Gasteiger partial charge on any atom is 0.246 e. The normalized spacial score (nSPS) is 11.0. The molecule has 4 rings (SSSR count). The third-order valence-corrected chi connectivity index (χ3v) is 4.48. The van der Waals surface area contributed by atoms with E-state index in [2.05, 4.69) is 15.3 Å². The summed E-state index contributed by atoms with van der Waals surface area (Å²) in [5.41, 5.74) is 1.55. The maximum absolute atomic E-state index is 6.14. The van der Waals surface area contributed by atoms with Gasteiger partial charge in [0.2, 0.25) is 5.88 Å². The van der Waals surface area contributed by atoms with Gasteiger partial charge in [-0.3, -0.25) is 4.68 Å². The summed E-state index contributed by atoms with van der Waals surface area (Å²) in [5.74, 6) is 1.02. The summed E-state index contributed by atoms with van der Waals surface area (Å²) in [5, 5.41) is 15.4. The number of ether oxygens (including phenoxy) is 1. The molecule has 0 amide bonds. The van der Waals surface area contributed by atoms with Crippen LogP contribution in [-0.4, -0.2) is 20.0 Å². The Kier molecular flexibility index (Phi) is 4.03. The molecule has 0 aliphatic carbocycles. The van der Waals surface area contributed by atoms with Gasteiger partial charge in [-0.05, 0) is 18.2 Å². The summed E-state index contributed by atoms with van der Waals surface area (Å²) in [7, 11) is 1.82. The largest absolute Gasteiger partial charge is 0.434 e. The highest BCUT2D eigenvalue weighted by atomic mass is 35.5. The van der Waals surface area contributed by atoms with Crippen LogP contribution in [0.25, 0.3) is 22.0 Å². The van der Waals surface area contributed by atoms with E-state index in [1.165, 1.54) is 0 Å². The molecule has 0 fully saturated rings. The van der Waals surface area contributed by atoms with Crippen molar-refractivity contribution in [1.29, 1.82) is 0 Å². The molecule has 0 saturated heterocycles. The average molecular weight is 371 g/mol. The summed E-state index contributed by atoms with van der Waals surface area (Å²) < 4.78 is 7.50. The van der Waals surface area contributed by atoms with E-state index in [0.29, 0.717) is 27.4 Å². The van der Waals surface area contributed by atoms with Crippen LogP contribution in [0.2, 0.25) is 10.0 Å². The second-order valence-corrected chi connectivity index (χ2v) is 6.29. The van der Waals surface area contributed by atoms with Crippen molar-refractivity contribution in [2.75, 3.05) is 0 Å². The first-order valence-electron chi connectivity index (χ1n) is 7.49. The van der Waals surface area contributed by atoms with Gasteiger partial charge in [0.15, 0.2) is 5.75 Å². The Hall–Kier alpha value is -2.63. The lowest BCUT2D eigenvalue weighted by Gasteiger charge is -2.10.